The van der Waals surface area contributed by atoms with Crippen molar-refractivity contribution in [2.45, 2.75) is 31.0 Å². The minimum Gasteiger partial charge on any atom is -0.510 e. The minimum absolute atomic E-state index is 0.00369. The lowest BCUT2D eigenvalue weighted by Crippen LogP contribution is -2.63. The first-order chi connectivity index (χ1) is 18.2. The first-order valence-corrected chi connectivity index (χ1v) is 12.7. The molecule has 11 heteroatoms. The molecule has 0 spiro atoms. The molecule has 39 heavy (non-hydrogen) atoms. The molecule has 0 saturated carbocycles. The van der Waals surface area contributed by atoms with Crippen molar-refractivity contribution in [2.24, 2.45) is 17.6 Å². The number of anilines is 1. The zero-order chi connectivity index (χ0) is 29.1. The molecule has 6 N–H and O–H groups in total. The van der Waals surface area contributed by atoms with Crippen molar-refractivity contribution in [3.8, 4) is 5.75 Å². The Bertz CT molecular complexity index is 1350. The van der Waals surface area contributed by atoms with Crippen molar-refractivity contribution in [1.29, 1.82) is 0 Å². The Kier molecular flexibility index (Phi) is 7.13. The van der Waals surface area contributed by atoms with E-state index in [0.717, 1.165) is 5.69 Å². The molecular formula is C28H36N4O7. The van der Waals surface area contributed by atoms with E-state index in [9.17, 15) is 34.8 Å². The quantitative estimate of drug-likeness (QED) is 0.246. The number of Topliss-reactive ketones (excluding diaryl/α,β-unsaturated/α-hetero) is 2. The van der Waals surface area contributed by atoms with Crippen LogP contribution < -0.4 is 10.6 Å². The van der Waals surface area contributed by atoms with E-state index in [-0.39, 0.29) is 29.7 Å². The number of rotatable bonds is 7. The SMILES string of the molecule is C=CCN(C)Cc1cc(N(C)C)c2c(c1O)C(=O)C1=C(O)[C@]3(O)C(=O)C(C(N)=O)=C(O)[C@@H](N(C)C)C3CC1C2. The predicted octanol–water partition coefficient (Wildman–Crippen LogP) is 0.804. The third-order valence-electron chi connectivity index (χ3n) is 8.14. The van der Waals surface area contributed by atoms with Gasteiger partial charge in [0.1, 0.15) is 22.8 Å². The molecule has 0 fully saturated rings. The number of hydrogen-bond acceptors (Lipinski definition) is 10. The van der Waals surface area contributed by atoms with E-state index in [1.807, 2.05) is 37.0 Å². The average Bonchev–Trinajstić information content (AvgIpc) is 2.82. The third-order valence-corrected chi connectivity index (χ3v) is 8.14. The summed E-state index contributed by atoms with van der Waals surface area (Å²) >= 11 is 0. The number of primary amides is 1. The van der Waals surface area contributed by atoms with Gasteiger partial charge in [-0.05, 0) is 51.5 Å². The van der Waals surface area contributed by atoms with Crippen molar-refractivity contribution in [3.05, 3.63) is 58.1 Å². The Labute approximate surface area is 227 Å². The van der Waals surface area contributed by atoms with Crippen molar-refractivity contribution < 1.29 is 34.8 Å². The zero-order valence-corrected chi connectivity index (χ0v) is 22.9. The number of carbonyl (C=O) groups is 3. The van der Waals surface area contributed by atoms with Gasteiger partial charge in [-0.25, -0.2) is 0 Å². The van der Waals surface area contributed by atoms with E-state index in [1.54, 1.807) is 20.2 Å². The number of carbonyl (C=O) groups excluding carboxylic acids is 3. The van der Waals surface area contributed by atoms with Crippen LogP contribution >= 0.6 is 0 Å². The number of benzene rings is 1. The molecule has 3 aliphatic rings. The molecule has 210 valence electrons. The number of aromatic hydroxyl groups is 1. The summed E-state index contributed by atoms with van der Waals surface area (Å²) in [7, 11) is 8.69. The van der Waals surface area contributed by atoms with Gasteiger partial charge in [0.05, 0.1) is 11.6 Å². The molecule has 1 aromatic rings. The van der Waals surface area contributed by atoms with Gasteiger partial charge >= 0.3 is 0 Å². The number of aliphatic hydroxyl groups excluding tert-OH is 2. The lowest BCUT2D eigenvalue weighted by molar-refractivity contribution is -0.148. The molecule has 11 nitrogen and oxygen atoms in total. The highest BCUT2D eigenvalue weighted by Crippen LogP contribution is 2.53. The highest BCUT2D eigenvalue weighted by atomic mass is 16.3. The monoisotopic (exact) mass is 540 g/mol. The van der Waals surface area contributed by atoms with Crippen molar-refractivity contribution in [1.82, 2.24) is 9.80 Å². The van der Waals surface area contributed by atoms with Crippen molar-refractivity contribution >= 4 is 23.2 Å². The first-order valence-electron chi connectivity index (χ1n) is 12.7. The molecule has 0 aliphatic heterocycles. The summed E-state index contributed by atoms with van der Waals surface area (Å²) in [5.41, 5.74) is 3.53. The highest BCUT2D eigenvalue weighted by Gasteiger charge is 2.63. The van der Waals surface area contributed by atoms with Gasteiger partial charge in [0.15, 0.2) is 11.4 Å². The van der Waals surface area contributed by atoms with Gasteiger partial charge in [-0.1, -0.05) is 6.08 Å². The second-order valence-electron chi connectivity index (χ2n) is 11.1. The van der Waals surface area contributed by atoms with Crippen LogP contribution in [0, 0.1) is 11.8 Å². The number of amides is 1. The molecule has 0 aromatic heterocycles. The predicted molar refractivity (Wildman–Crippen MR) is 145 cm³/mol. The zero-order valence-electron chi connectivity index (χ0n) is 22.9. The van der Waals surface area contributed by atoms with Crippen LogP contribution in [0.4, 0.5) is 5.69 Å². The standard InChI is InChI=1S/C28H36N4O7/c1-7-8-32(6)12-14-11-17(30(2)3)15-9-13-10-16-21(31(4)5)24(35)20(27(29)38)26(37)28(16,39)25(36)18(13)23(34)19(15)22(14)33/h7,11,13,16,21,33,35-36,39H,1,8-10,12H2,2-6H3,(H2,29,38)/t13?,16?,21-,28-/m0/s1. The fraction of sp³-hybridized carbons (Fsp3) is 0.464. The number of phenolic OH excluding ortho intramolecular Hbond substituents is 1. The molecule has 4 atom stereocenters. The number of nitrogens with zero attached hydrogens (tertiary/aromatic N) is 3. The number of ketones is 2. The second-order valence-corrected chi connectivity index (χ2v) is 11.1. The Morgan fingerprint density at radius 3 is 2.36 bits per heavy atom. The van der Waals surface area contributed by atoms with E-state index < -0.39 is 58.0 Å². The summed E-state index contributed by atoms with van der Waals surface area (Å²) in [6.07, 6.45) is 2.00. The number of nitrogens with two attached hydrogens (primary N) is 1. The van der Waals surface area contributed by atoms with Gasteiger partial charge in [0.25, 0.3) is 5.91 Å². The third kappa shape index (κ3) is 4.12. The van der Waals surface area contributed by atoms with Gasteiger partial charge in [-0.3, -0.25) is 24.2 Å². The summed E-state index contributed by atoms with van der Waals surface area (Å²) in [6.45, 7) is 4.58. The van der Waals surface area contributed by atoms with Crippen LogP contribution in [0.5, 0.6) is 5.75 Å². The Morgan fingerprint density at radius 2 is 1.82 bits per heavy atom. The van der Waals surface area contributed by atoms with Gasteiger partial charge in [0.2, 0.25) is 5.78 Å². The summed E-state index contributed by atoms with van der Waals surface area (Å²) in [6, 6.07) is 0.801. The van der Waals surface area contributed by atoms with E-state index >= 15 is 0 Å². The first kappa shape index (κ1) is 28.3. The van der Waals surface area contributed by atoms with E-state index in [4.69, 9.17) is 5.73 Å². The summed E-state index contributed by atoms with van der Waals surface area (Å²) in [5.74, 6) is -6.59. The van der Waals surface area contributed by atoms with Crippen molar-refractivity contribution in [3.63, 3.8) is 0 Å². The van der Waals surface area contributed by atoms with Crippen molar-refractivity contribution in [2.75, 3.05) is 46.7 Å². The average molecular weight is 541 g/mol. The number of phenols is 1. The Morgan fingerprint density at radius 1 is 1.18 bits per heavy atom. The Hall–Kier alpha value is -3.67. The minimum atomic E-state index is -2.66. The largest absolute Gasteiger partial charge is 0.510 e. The highest BCUT2D eigenvalue weighted by molar-refractivity contribution is 6.24. The molecule has 0 saturated heterocycles. The smallest absolute Gasteiger partial charge is 0.255 e. The molecule has 0 radical (unpaired) electrons. The Balaban J connectivity index is 1.95. The van der Waals surface area contributed by atoms with Crippen LogP contribution in [-0.2, 0) is 22.6 Å². The topological polar surface area (TPSA) is 168 Å². The van der Waals surface area contributed by atoms with Crippen LogP contribution in [0.3, 0.4) is 0 Å². The number of aliphatic hydroxyl groups is 3. The fourth-order valence-electron chi connectivity index (χ4n) is 6.45. The summed E-state index contributed by atoms with van der Waals surface area (Å²) < 4.78 is 0. The molecule has 0 heterocycles. The summed E-state index contributed by atoms with van der Waals surface area (Å²) in [4.78, 5) is 44.9. The molecule has 1 aromatic carbocycles. The van der Waals surface area contributed by atoms with Crippen LogP contribution in [0.15, 0.2) is 41.4 Å². The van der Waals surface area contributed by atoms with Gasteiger partial charge in [0, 0.05) is 49.9 Å². The van der Waals surface area contributed by atoms with Gasteiger partial charge < -0.3 is 31.1 Å². The number of allylic oxidation sites excluding steroid dienone is 1. The maximum Gasteiger partial charge on any atom is 0.255 e. The lowest BCUT2D eigenvalue weighted by atomic mass is 9.58. The van der Waals surface area contributed by atoms with E-state index in [2.05, 4.69) is 6.58 Å². The van der Waals surface area contributed by atoms with Gasteiger partial charge in [-0.2, -0.15) is 0 Å². The maximum absolute atomic E-state index is 14.0. The van der Waals surface area contributed by atoms with Crippen LogP contribution in [-0.4, -0.2) is 101 Å². The summed E-state index contributed by atoms with van der Waals surface area (Å²) in [5, 5.41) is 45.4. The van der Waals surface area contributed by atoms with Crippen LogP contribution in [0.1, 0.15) is 27.9 Å². The maximum atomic E-state index is 14.0. The number of fused-ring (bicyclic) bond motifs is 3. The number of likely N-dealkylation sites (N-methyl/N-ethyl adjacent to an activating group) is 2. The van der Waals surface area contributed by atoms with Crippen LogP contribution in [0.2, 0.25) is 0 Å². The normalized spacial score (nSPS) is 26.5. The fourth-order valence-corrected chi connectivity index (χ4v) is 6.45. The molecule has 4 rings (SSSR count). The molecule has 0 bridgehead atoms. The second kappa shape index (κ2) is 9.82. The van der Waals surface area contributed by atoms with Gasteiger partial charge in [-0.15, -0.1) is 6.58 Å². The molecule has 2 unspecified atom stereocenters. The van der Waals surface area contributed by atoms with E-state index in [0.29, 0.717) is 24.2 Å². The molecule has 1 amide bonds. The molecular weight excluding hydrogens is 504 g/mol. The number of hydrogen-bond donors (Lipinski definition) is 5. The lowest BCUT2D eigenvalue weighted by Gasteiger charge is -2.50. The van der Waals surface area contributed by atoms with E-state index in [1.165, 1.54) is 4.90 Å². The van der Waals surface area contributed by atoms with Crippen LogP contribution in [0.25, 0.3) is 0 Å². The molecule has 3 aliphatic carbocycles.